The first-order valence-electron chi connectivity index (χ1n) is 5.03. The second-order valence-corrected chi connectivity index (χ2v) is 5.38. The second kappa shape index (κ2) is 5.33. The predicted molar refractivity (Wildman–Crippen MR) is 75.8 cm³/mol. The number of benzene rings is 1. The summed E-state index contributed by atoms with van der Waals surface area (Å²) in [5.74, 6) is 0. The van der Waals surface area contributed by atoms with Crippen molar-refractivity contribution in [2.75, 3.05) is 10.6 Å². The monoisotopic (exact) mass is 310 g/mol. The van der Waals surface area contributed by atoms with Crippen molar-refractivity contribution in [1.29, 1.82) is 0 Å². The molecule has 0 aliphatic rings. The molecule has 0 atom stereocenters. The Labute approximate surface area is 112 Å². The molecule has 2 aromatic rings. The summed E-state index contributed by atoms with van der Waals surface area (Å²) in [6.07, 6.45) is 0. The Balaban J connectivity index is 2.03. The number of rotatable bonds is 2. The molecule has 1 aromatic heterocycles. The first kappa shape index (κ1) is 12.1. The van der Waals surface area contributed by atoms with Gasteiger partial charge in [0.15, 0.2) is 0 Å². The lowest BCUT2D eigenvalue weighted by Gasteiger charge is -2.09. The van der Waals surface area contributed by atoms with Crippen molar-refractivity contribution in [3.8, 4) is 0 Å². The van der Waals surface area contributed by atoms with Crippen molar-refractivity contribution in [2.45, 2.75) is 6.92 Å². The van der Waals surface area contributed by atoms with Crippen molar-refractivity contribution in [3.63, 3.8) is 0 Å². The predicted octanol–water partition coefficient (Wildman–Crippen LogP) is 4.46. The number of thiophene rings is 1. The lowest BCUT2D eigenvalue weighted by molar-refractivity contribution is 0.262. The lowest BCUT2D eigenvalue weighted by Crippen LogP contribution is -2.19. The summed E-state index contributed by atoms with van der Waals surface area (Å²) in [5, 5.41) is 8.33. The van der Waals surface area contributed by atoms with Crippen molar-refractivity contribution in [3.05, 3.63) is 45.7 Å². The fourth-order valence-electron chi connectivity index (χ4n) is 1.38. The first-order valence-corrected chi connectivity index (χ1v) is 6.70. The molecule has 0 saturated carbocycles. The van der Waals surface area contributed by atoms with Crippen LogP contribution in [0.5, 0.6) is 0 Å². The molecule has 2 amide bonds. The van der Waals surface area contributed by atoms with Gasteiger partial charge in [0.2, 0.25) is 0 Å². The number of hydrogen-bond donors (Lipinski definition) is 2. The fraction of sp³-hybridized carbons (Fsp3) is 0.0833. The SMILES string of the molecule is Cc1cc(Br)ccc1NC(=O)Nc1cccs1. The third-order valence-corrected chi connectivity index (χ3v) is 3.47. The number of urea groups is 1. The minimum absolute atomic E-state index is 0.224. The van der Waals surface area contributed by atoms with Crippen molar-refractivity contribution in [2.24, 2.45) is 0 Å². The Morgan fingerprint density at radius 3 is 2.76 bits per heavy atom. The molecule has 2 N–H and O–H groups in total. The maximum absolute atomic E-state index is 11.7. The van der Waals surface area contributed by atoms with Crippen molar-refractivity contribution >= 4 is 44.0 Å². The molecule has 0 bridgehead atoms. The summed E-state index contributed by atoms with van der Waals surface area (Å²) in [5.41, 5.74) is 1.82. The maximum Gasteiger partial charge on any atom is 0.324 e. The summed E-state index contributed by atoms with van der Waals surface area (Å²) in [6.45, 7) is 1.95. The molecule has 5 heteroatoms. The lowest BCUT2D eigenvalue weighted by atomic mass is 10.2. The summed E-state index contributed by atoms with van der Waals surface area (Å²) < 4.78 is 0.999. The van der Waals surface area contributed by atoms with Crippen molar-refractivity contribution in [1.82, 2.24) is 0 Å². The number of amides is 2. The number of halogens is 1. The molecule has 0 spiro atoms. The van der Waals surface area contributed by atoms with Crippen LogP contribution in [0.1, 0.15) is 5.56 Å². The van der Waals surface area contributed by atoms with Gasteiger partial charge in [-0.3, -0.25) is 5.32 Å². The average molecular weight is 311 g/mol. The minimum atomic E-state index is -0.224. The Hall–Kier alpha value is -1.33. The minimum Gasteiger partial charge on any atom is -0.307 e. The molecular formula is C12H11BrN2OS. The zero-order chi connectivity index (χ0) is 12.3. The molecule has 0 saturated heterocycles. The van der Waals surface area contributed by atoms with E-state index in [2.05, 4.69) is 26.6 Å². The van der Waals surface area contributed by atoms with Crippen LogP contribution in [0.2, 0.25) is 0 Å². The molecular weight excluding hydrogens is 300 g/mol. The smallest absolute Gasteiger partial charge is 0.307 e. The summed E-state index contributed by atoms with van der Waals surface area (Å²) in [7, 11) is 0. The van der Waals surface area contributed by atoms with E-state index in [0.29, 0.717) is 0 Å². The van der Waals surface area contributed by atoms with Gasteiger partial charge in [0.25, 0.3) is 0 Å². The third-order valence-electron chi connectivity index (χ3n) is 2.19. The molecule has 0 aliphatic carbocycles. The van der Waals surface area contributed by atoms with Crippen LogP contribution in [0.25, 0.3) is 0 Å². The van der Waals surface area contributed by atoms with Gasteiger partial charge in [-0.2, -0.15) is 0 Å². The Kier molecular flexibility index (Phi) is 3.81. The largest absolute Gasteiger partial charge is 0.324 e. The molecule has 2 rings (SSSR count). The van der Waals surface area contributed by atoms with Crippen LogP contribution in [-0.4, -0.2) is 6.03 Å². The van der Waals surface area contributed by atoms with Crippen LogP contribution in [0.4, 0.5) is 15.5 Å². The van der Waals surface area contributed by atoms with E-state index < -0.39 is 0 Å². The molecule has 0 unspecified atom stereocenters. The zero-order valence-corrected chi connectivity index (χ0v) is 11.6. The molecule has 1 heterocycles. The van der Waals surface area contributed by atoms with Gasteiger partial charge < -0.3 is 5.32 Å². The van der Waals surface area contributed by atoms with Gasteiger partial charge in [0.1, 0.15) is 0 Å². The summed E-state index contributed by atoms with van der Waals surface area (Å²) >= 11 is 4.87. The molecule has 0 aliphatic heterocycles. The molecule has 3 nitrogen and oxygen atoms in total. The molecule has 0 fully saturated rings. The Morgan fingerprint density at radius 1 is 1.29 bits per heavy atom. The van der Waals surface area contributed by atoms with Gasteiger partial charge in [-0.1, -0.05) is 15.9 Å². The number of anilines is 2. The van der Waals surface area contributed by atoms with E-state index in [9.17, 15) is 4.79 Å². The molecule has 17 heavy (non-hydrogen) atoms. The third kappa shape index (κ3) is 3.31. The number of aryl methyl sites for hydroxylation is 1. The second-order valence-electron chi connectivity index (χ2n) is 3.52. The van der Waals surface area contributed by atoms with Crippen LogP contribution in [-0.2, 0) is 0 Å². The Bertz CT molecular complexity index is 525. The standard InChI is InChI=1S/C12H11BrN2OS/c1-8-7-9(13)4-5-10(8)14-12(16)15-11-3-2-6-17-11/h2-7H,1H3,(H2,14,15,16). The van der Waals surface area contributed by atoms with Crippen molar-refractivity contribution < 1.29 is 4.79 Å². The van der Waals surface area contributed by atoms with Crippen LogP contribution in [0.15, 0.2) is 40.2 Å². The van der Waals surface area contributed by atoms with Gasteiger partial charge in [0, 0.05) is 10.2 Å². The fourth-order valence-corrected chi connectivity index (χ4v) is 2.47. The highest BCUT2D eigenvalue weighted by Gasteiger charge is 2.05. The zero-order valence-electron chi connectivity index (χ0n) is 9.16. The van der Waals surface area contributed by atoms with Gasteiger partial charge in [-0.15, -0.1) is 11.3 Å². The van der Waals surface area contributed by atoms with E-state index in [1.807, 2.05) is 42.6 Å². The number of nitrogens with one attached hydrogen (secondary N) is 2. The molecule has 88 valence electrons. The van der Waals surface area contributed by atoms with Crippen LogP contribution in [0, 0.1) is 6.92 Å². The highest BCUT2D eigenvalue weighted by atomic mass is 79.9. The van der Waals surface area contributed by atoms with Crippen LogP contribution < -0.4 is 10.6 Å². The van der Waals surface area contributed by atoms with E-state index in [4.69, 9.17) is 0 Å². The van der Waals surface area contributed by atoms with E-state index in [1.54, 1.807) is 0 Å². The molecule has 0 radical (unpaired) electrons. The van der Waals surface area contributed by atoms with E-state index in [1.165, 1.54) is 11.3 Å². The highest BCUT2D eigenvalue weighted by Crippen LogP contribution is 2.21. The quantitative estimate of drug-likeness (QED) is 0.844. The summed E-state index contributed by atoms with van der Waals surface area (Å²) in [4.78, 5) is 11.7. The van der Waals surface area contributed by atoms with E-state index in [0.717, 1.165) is 20.7 Å². The van der Waals surface area contributed by atoms with Gasteiger partial charge in [-0.05, 0) is 48.2 Å². The average Bonchev–Trinajstić information content (AvgIpc) is 2.75. The van der Waals surface area contributed by atoms with Gasteiger partial charge in [-0.25, -0.2) is 4.79 Å². The van der Waals surface area contributed by atoms with Crippen LogP contribution >= 0.6 is 27.3 Å². The number of hydrogen-bond acceptors (Lipinski definition) is 2. The first-order chi connectivity index (χ1) is 8.15. The van der Waals surface area contributed by atoms with Gasteiger partial charge in [0.05, 0.1) is 5.00 Å². The maximum atomic E-state index is 11.7. The summed E-state index contributed by atoms with van der Waals surface area (Å²) in [6, 6.07) is 9.25. The van der Waals surface area contributed by atoms with Crippen LogP contribution in [0.3, 0.4) is 0 Å². The topological polar surface area (TPSA) is 41.1 Å². The highest BCUT2D eigenvalue weighted by molar-refractivity contribution is 9.10. The Morgan fingerprint density at radius 2 is 2.12 bits per heavy atom. The van der Waals surface area contributed by atoms with Gasteiger partial charge >= 0.3 is 6.03 Å². The number of carbonyl (C=O) groups is 1. The van der Waals surface area contributed by atoms with E-state index >= 15 is 0 Å². The van der Waals surface area contributed by atoms with E-state index in [-0.39, 0.29) is 6.03 Å². The molecule has 1 aromatic carbocycles. The number of carbonyl (C=O) groups excluding carboxylic acids is 1. The normalized spacial score (nSPS) is 10.0.